The Morgan fingerprint density at radius 1 is 1.09 bits per heavy atom. The standard InChI is InChI=1S/C24H24F2IN5O/c25-24(26)12-17(13-24)32-21-15(14-28-32)1-4-20(29-21)30-22(33)18-3-2-16(27)11-19(18)31-9-7-23(5-6-23)8-10-31/h1-4,11,14,17H,5-10,12-13H2,(H,29,30,33). The molecule has 1 saturated heterocycles. The summed E-state index contributed by atoms with van der Waals surface area (Å²) in [5.41, 5.74) is 2.66. The average molecular weight is 563 g/mol. The largest absolute Gasteiger partial charge is 0.371 e. The molecule has 1 N–H and O–H groups in total. The van der Waals surface area contributed by atoms with Crippen molar-refractivity contribution in [1.82, 2.24) is 14.8 Å². The zero-order valence-electron chi connectivity index (χ0n) is 18.0. The van der Waals surface area contributed by atoms with Crippen LogP contribution in [0.1, 0.15) is 54.9 Å². The van der Waals surface area contributed by atoms with Gasteiger partial charge in [-0.3, -0.25) is 4.79 Å². The maximum atomic E-state index is 13.4. The Balaban J connectivity index is 1.24. The third kappa shape index (κ3) is 3.98. The van der Waals surface area contributed by atoms with Gasteiger partial charge >= 0.3 is 0 Å². The van der Waals surface area contributed by atoms with E-state index in [0.717, 1.165) is 27.7 Å². The first-order valence-electron chi connectivity index (χ1n) is 11.4. The van der Waals surface area contributed by atoms with Crippen molar-refractivity contribution in [1.29, 1.82) is 0 Å². The molecule has 1 amide bonds. The SMILES string of the molecule is O=C(Nc1ccc2cnn(C3CC(F)(F)C3)c2n1)c1ccc(I)cc1N1CCC2(CC1)CC2. The molecule has 2 aliphatic carbocycles. The minimum Gasteiger partial charge on any atom is -0.371 e. The Morgan fingerprint density at radius 2 is 1.85 bits per heavy atom. The number of benzene rings is 1. The second-order valence-electron chi connectivity index (χ2n) is 9.72. The van der Waals surface area contributed by atoms with Crippen LogP contribution >= 0.6 is 22.6 Å². The lowest BCUT2D eigenvalue weighted by Gasteiger charge is -2.35. The van der Waals surface area contributed by atoms with Crippen molar-refractivity contribution in [2.75, 3.05) is 23.3 Å². The first kappa shape index (κ1) is 21.2. The van der Waals surface area contributed by atoms with Gasteiger partial charge in [0.25, 0.3) is 11.8 Å². The molecular weight excluding hydrogens is 539 g/mol. The number of hydrogen-bond donors (Lipinski definition) is 1. The number of halogens is 3. The number of nitrogens with zero attached hydrogens (tertiary/aromatic N) is 4. The van der Waals surface area contributed by atoms with Gasteiger partial charge in [-0.05, 0) is 84.0 Å². The molecule has 6 nitrogen and oxygen atoms in total. The number of alkyl halides is 2. The van der Waals surface area contributed by atoms with Crippen LogP contribution in [-0.4, -0.2) is 39.7 Å². The van der Waals surface area contributed by atoms with Gasteiger partial charge in [0.1, 0.15) is 5.82 Å². The topological polar surface area (TPSA) is 63.1 Å². The number of nitrogens with one attached hydrogen (secondary N) is 1. The molecule has 9 heteroatoms. The van der Waals surface area contributed by atoms with E-state index in [4.69, 9.17) is 0 Å². The van der Waals surface area contributed by atoms with Crippen LogP contribution < -0.4 is 10.2 Å². The molecule has 0 bridgehead atoms. The molecule has 0 atom stereocenters. The van der Waals surface area contributed by atoms with Crippen molar-refractivity contribution in [2.45, 2.75) is 50.5 Å². The van der Waals surface area contributed by atoms with Gasteiger partial charge in [0.15, 0.2) is 5.65 Å². The van der Waals surface area contributed by atoms with E-state index in [9.17, 15) is 13.6 Å². The lowest BCUT2D eigenvalue weighted by Crippen LogP contribution is -2.37. The second kappa shape index (κ2) is 7.61. The average Bonchev–Trinajstić information content (AvgIpc) is 3.39. The zero-order chi connectivity index (χ0) is 22.8. The van der Waals surface area contributed by atoms with Gasteiger partial charge in [0, 0.05) is 34.9 Å². The number of carbonyl (C=O) groups is 1. The highest BCUT2D eigenvalue weighted by molar-refractivity contribution is 14.1. The van der Waals surface area contributed by atoms with Crippen LogP contribution in [0.5, 0.6) is 0 Å². The van der Waals surface area contributed by atoms with Crippen molar-refractivity contribution in [3.63, 3.8) is 0 Å². The van der Waals surface area contributed by atoms with Gasteiger partial charge in [-0.25, -0.2) is 18.4 Å². The lowest BCUT2D eigenvalue weighted by molar-refractivity contribution is -0.106. The maximum absolute atomic E-state index is 13.4. The number of piperidine rings is 1. The van der Waals surface area contributed by atoms with Gasteiger partial charge in [0.2, 0.25) is 0 Å². The van der Waals surface area contributed by atoms with E-state index < -0.39 is 5.92 Å². The van der Waals surface area contributed by atoms with Gasteiger partial charge in [-0.2, -0.15) is 5.10 Å². The van der Waals surface area contributed by atoms with Crippen LogP contribution in [0.4, 0.5) is 20.3 Å². The van der Waals surface area contributed by atoms with Crippen LogP contribution in [-0.2, 0) is 0 Å². The minimum atomic E-state index is -2.64. The first-order valence-corrected chi connectivity index (χ1v) is 12.5. The third-order valence-electron chi connectivity index (χ3n) is 7.43. The number of aromatic nitrogens is 3. The van der Waals surface area contributed by atoms with Crippen LogP contribution in [0.15, 0.2) is 36.5 Å². The molecule has 6 rings (SSSR count). The van der Waals surface area contributed by atoms with Crippen LogP contribution in [0, 0.1) is 8.99 Å². The highest BCUT2D eigenvalue weighted by Crippen LogP contribution is 2.54. The fraction of sp³-hybridized carbons (Fsp3) is 0.458. The van der Waals surface area contributed by atoms with Gasteiger partial charge in [-0.1, -0.05) is 0 Å². The molecule has 1 aliphatic heterocycles. The Hall–Kier alpha value is -2.30. The summed E-state index contributed by atoms with van der Waals surface area (Å²) in [6.45, 7) is 1.94. The fourth-order valence-electron chi connectivity index (χ4n) is 5.10. The predicted octanol–water partition coefficient (Wildman–Crippen LogP) is 5.64. The van der Waals surface area contributed by atoms with Crippen molar-refractivity contribution in [3.05, 3.63) is 45.7 Å². The number of carbonyl (C=O) groups excluding carboxylic acids is 1. The number of pyridine rings is 1. The number of hydrogen-bond acceptors (Lipinski definition) is 4. The molecule has 3 fully saturated rings. The summed E-state index contributed by atoms with van der Waals surface area (Å²) in [6.07, 6.45) is 6.21. The normalized spacial score (nSPS) is 21.2. The van der Waals surface area contributed by atoms with Gasteiger partial charge < -0.3 is 10.2 Å². The maximum Gasteiger partial charge on any atom is 0.258 e. The van der Waals surface area contributed by atoms with E-state index in [1.807, 2.05) is 18.2 Å². The summed E-state index contributed by atoms with van der Waals surface area (Å²) in [4.78, 5) is 20.1. The molecule has 0 unspecified atom stereocenters. The highest BCUT2D eigenvalue weighted by Gasteiger charge is 2.47. The summed E-state index contributed by atoms with van der Waals surface area (Å²) < 4.78 is 29.4. The van der Waals surface area contributed by atoms with Crippen molar-refractivity contribution < 1.29 is 13.6 Å². The summed E-state index contributed by atoms with van der Waals surface area (Å²) in [5.74, 6) is -2.47. The monoisotopic (exact) mass is 563 g/mol. The fourth-order valence-corrected chi connectivity index (χ4v) is 5.58. The Kier molecular flexibility index (Phi) is 4.90. The lowest BCUT2D eigenvalue weighted by atomic mass is 9.88. The van der Waals surface area contributed by atoms with E-state index >= 15 is 0 Å². The Bertz CT molecular complexity index is 1240. The minimum absolute atomic E-state index is 0.221. The van der Waals surface area contributed by atoms with Crippen LogP contribution in [0.2, 0.25) is 0 Å². The van der Waals surface area contributed by atoms with Crippen molar-refractivity contribution >= 4 is 51.0 Å². The van der Waals surface area contributed by atoms with E-state index in [0.29, 0.717) is 22.4 Å². The quantitative estimate of drug-likeness (QED) is 0.418. The first-order chi connectivity index (χ1) is 15.8. The van der Waals surface area contributed by atoms with E-state index in [1.165, 1.54) is 25.7 Å². The molecule has 2 aromatic heterocycles. The summed E-state index contributed by atoms with van der Waals surface area (Å²) in [7, 11) is 0. The number of amides is 1. The molecule has 3 aliphatic rings. The number of fused-ring (bicyclic) bond motifs is 1. The summed E-state index contributed by atoms with van der Waals surface area (Å²) in [5, 5.41) is 7.95. The second-order valence-corrected chi connectivity index (χ2v) is 11.0. The van der Waals surface area contributed by atoms with Gasteiger partial charge in [-0.15, -0.1) is 0 Å². The molecule has 0 radical (unpaired) electrons. The summed E-state index contributed by atoms with van der Waals surface area (Å²) >= 11 is 2.28. The predicted molar refractivity (Wildman–Crippen MR) is 131 cm³/mol. The Morgan fingerprint density at radius 3 is 2.55 bits per heavy atom. The Labute approximate surface area is 203 Å². The van der Waals surface area contributed by atoms with E-state index in [2.05, 4.69) is 49.0 Å². The van der Waals surface area contributed by atoms with Gasteiger partial charge in [0.05, 0.1) is 23.5 Å². The van der Waals surface area contributed by atoms with E-state index in [1.54, 1.807) is 16.9 Å². The number of anilines is 2. The molecule has 172 valence electrons. The van der Waals surface area contributed by atoms with Crippen LogP contribution in [0.3, 0.4) is 0 Å². The smallest absolute Gasteiger partial charge is 0.258 e. The van der Waals surface area contributed by atoms with Crippen molar-refractivity contribution in [3.8, 4) is 0 Å². The molecule has 2 saturated carbocycles. The van der Waals surface area contributed by atoms with Crippen molar-refractivity contribution in [2.24, 2.45) is 5.41 Å². The molecule has 1 spiro atoms. The third-order valence-corrected chi connectivity index (χ3v) is 8.10. The molecule has 1 aromatic carbocycles. The zero-order valence-corrected chi connectivity index (χ0v) is 20.2. The highest BCUT2D eigenvalue weighted by atomic mass is 127. The number of rotatable bonds is 4. The van der Waals surface area contributed by atoms with Crippen LogP contribution in [0.25, 0.3) is 11.0 Å². The molecule has 33 heavy (non-hydrogen) atoms. The molecule has 3 aromatic rings. The van der Waals surface area contributed by atoms with E-state index in [-0.39, 0.29) is 24.8 Å². The molecular formula is C24H24F2IN5O. The molecule has 3 heterocycles. The summed E-state index contributed by atoms with van der Waals surface area (Å²) in [6, 6.07) is 9.05.